The molecule has 1 saturated heterocycles. The second-order valence-corrected chi connectivity index (χ2v) is 6.63. The van der Waals surface area contributed by atoms with Crippen molar-refractivity contribution in [2.24, 2.45) is 13.0 Å². The second-order valence-electron chi connectivity index (χ2n) is 6.63. The Morgan fingerprint density at radius 1 is 1.36 bits per heavy atom. The molecule has 1 aromatic heterocycles. The Hall–Kier alpha value is -0.980. The first-order valence-corrected chi connectivity index (χ1v) is 8.53. The normalized spacial score (nSPS) is 30.5. The Bertz CT molecular complexity index is 465. The average Bonchev–Trinajstić information content (AvgIpc) is 2.96. The van der Waals surface area contributed by atoms with Gasteiger partial charge < -0.3 is 14.0 Å². The summed E-state index contributed by atoms with van der Waals surface area (Å²) in [5.41, 5.74) is 0. The summed E-state index contributed by atoms with van der Waals surface area (Å²) >= 11 is 0. The van der Waals surface area contributed by atoms with Gasteiger partial charge in [-0.15, -0.1) is 10.2 Å². The van der Waals surface area contributed by atoms with Gasteiger partial charge in [0.25, 0.3) is 0 Å². The van der Waals surface area contributed by atoms with Crippen LogP contribution in [0.3, 0.4) is 0 Å². The summed E-state index contributed by atoms with van der Waals surface area (Å²) < 4.78 is 13.9. The predicted octanol–water partition coefficient (Wildman–Crippen LogP) is 1.78. The predicted molar refractivity (Wildman–Crippen MR) is 83.5 cm³/mol. The van der Waals surface area contributed by atoms with Crippen LogP contribution in [0.25, 0.3) is 0 Å². The summed E-state index contributed by atoms with van der Waals surface area (Å²) in [4.78, 5) is 2.41. The van der Waals surface area contributed by atoms with Gasteiger partial charge in [-0.2, -0.15) is 0 Å². The summed E-state index contributed by atoms with van der Waals surface area (Å²) in [6.07, 6.45) is 7.44. The van der Waals surface area contributed by atoms with Gasteiger partial charge in [0.15, 0.2) is 5.82 Å². The maximum absolute atomic E-state index is 6.13. The lowest BCUT2D eigenvalue weighted by Gasteiger charge is -2.33. The van der Waals surface area contributed by atoms with Crippen LogP contribution in [0.15, 0.2) is 6.33 Å². The number of nitrogens with zero attached hydrogens (tertiary/aromatic N) is 4. The van der Waals surface area contributed by atoms with Gasteiger partial charge in [0.2, 0.25) is 0 Å². The van der Waals surface area contributed by atoms with E-state index in [4.69, 9.17) is 9.47 Å². The van der Waals surface area contributed by atoms with E-state index < -0.39 is 0 Å². The molecule has 3 rings (SSSR count). The van der Waals surface area contributed by atoms with Crippen molar-refractivity contribution in [3.63, 3.8) is 0 Å². The van der Waals surface area contributed by atoms with Crippen molar-refractivity contribution in [2.75, 3.05) is 32.8 Å². The molecule has 0 spiro atoms. The highest BCUT2D eigenvalue weighted by Gasteiger charge is 2.26. The van der Waals surface area contributed by atoms with Crippen LogP contribution in [0.5, 0.6) is 0 Å². The van der Waals surface area contributed by atoms with Crippen LogP contribution in [0.4, 0.5) is 0 Å². The van der Waals surface area contributed by atoms with Crippen molar-refractivity contribution in [1.29, 1.82) is 0 Å². The quantitative estimate of drug-likeness (QED) is 0.830. The summed E-state index contributed by atoms with van der Waals surface area (Å²) in [5, 5.41) is 8.11. The lowest BCUT2D eigenvalue weighted by Crippen LogP contribution is -2.41. The van der Waals surface area contributed by atoms with E-state index in [-0.39, 0.29) is 6.10 Å². The monoisotopic (exact) mass is 308 g/mol. The fourth-order valence-electron chi connectivity index (χ4n) is 3.51. The Kier molecular flexibility index (Phi) is 5.44. The lowest BCUT2D eigenvalue weighted by atomic mass is 9.88. The van der Waals surface area contributed by atoms with Crippen LogP contribution in [-0.4, -0.2) is 58.6 Å². The average molecular weight is 308 g/mol. The first kappa shape index (κ1) is 15.9. The standard InChI is InChI=1S/C16H28N4O2/c1-13-5-3-4-6-14(13)21-9-7-20-8-10-22-15(11-20)16-18-17-12-19(16)2/h12-15H,3-11H2,1-2H3. The number of ether oxygens (including phenoxy) is 2. The number of morpholine rings is 1. The highest BCUT2D eigenvalue weighted by Crippen LogP contribution is 2.26. The molecule has 124 valence electrons. The van der Waals surface area contributed by atoms with Crippen molar-refractivity contribution in [1.82, 2.24) is 19.7 Å². The van der Waals surface area contributed by atoms with Gasteiger partial charge in [-0.3, -0.25) is 4.90 Å². The molecule has 6 heteroatoms. The highest BCUT2D eigenvalue weighted by atomic mass is 16.5. The van der Waals surface area contributed by atoms with Crippen LogP contribution in [0.2, 0.25) is 0 Å². The molecular weight excluding hydrogens is 280 g/mol. The fraction of sp³-hybridized carbons (Fsp3) is 0.875. The fourth-order valence-corrected chi connectivity index (χ4v) is 3.51. The number of hydrogen-bond donors (Lipinski definition) is 0. The van der Waals surface area contributed by atoms with Crippen LogP contribution in [0, 0.1) is 5.92 Å². The Balaban J connectivity index is 1.44. The molecule has 2 fully saturated rings. The summed E-state index contributed by atoms with van der Waals surface area (Å²) in [6.45, 7) is 6.70. The molecule has 0 aromatic carbocycles. The van der Waals surface area contributed by atoms with Crippen molar-refractivity contribution in [2.45, 2.75) is 44.8 Å². The maximum atomic E-state index is 6.13. The second kappa shape index (κ2) is 7.53. The summed E-state index contributed by atoms with van der Waals surface area (Å²) in [7, 11) is 1.96. The van der Waals surface area contributed by atoms with Crippen LogP contribution in [0.1, 0.15) is 44.5 Å². The van der Waals surface area contributed by atoms with E-state index >= 15 is 0 Å². The van der Waals surface area contributed by atoms with E-state index in [1.807, 2.05) is 11.6 Å². The van der Waals surface area contributed by atoms with Crippen LogP contribution < -0.4 is 0 Å². The van der Waals surface area contributed by atoms with E-state index in [0.717, 1.165) is 38.7 Å². The smallest absolute Gasteiger partial charge is 0.163 e. The van der Waals surface area contributed by atoms with E-state index in [0.29, 0.717) is 12.0 Å². The summed E-state index contributed by atoms with van der Waals surface area (Å²) in [6, 6.07) is 0. The molecule has 1 aliphatic carbocycles. The van der Waals surface area contributed by atoms with Crippen molar-refractivity contribution >= 4 is 0 Å². The van der Waals surface area contributed by atoms with Crippen molar-refractivity contribution in [3.8, 4) is 0 Å². The molecule has 2 aliphatic rings. The van der Waals surface area contributed by atoms with Gasteiger partial charge >= 0.3 is 0 Å². The van der Waals surface area contributed by atoms with E-state index in [9.17, 15) is 0 Å². The first-order valence-electron chi connectivity index (χ1n) is 8.53. The molecule has 3 atom stereocenters. The zero-order valence-electron chi connectivity index (χ0n) is 13.8. The van der Waals surface area contributed by atoms with E-state index in [1.54, 1.807) is 6.33 Å². The topological polar surface area (TPSA) is 52.4 Å². The Morgan fingerprint density at radius 2 is 2.23 bits per heavy atom. The third-order valence-corrected chi connectivity index (χ3v) is 4.96. The molecule has 0 N–H and O–H groups in total. The maximum Gasteiger partial charge on any atom is 0.163 e. The summed E-state index contributed by atoms with van der Waals surface area (Å²) in [5.74, 6) is 1.62. The highest BCUT2D eigenvalue weighted by molar-refractivity contribution is 4.93. The molecule has 2 heterocycles. The molecule has 1 aliphatic heterocycles. The van der Waals surface area contributed by atoms with Gasteiger partial charge in [-0.1, -0.05) is 19.8 Å². The van der Waals surface area contributed by atoms with Gasteiger partial charge in [0.05, 0.1) is 19.3 Å². The molecule has 22 heavy (non-hydrogen) atoms. The van der Waals surface area contributed by atoms with Gasteiger partial charge in [-0.05, 0) is 18.8 Å². The minimum absolute atomic E-state index is 0.0230. The van der Waals surface area contributed by atoms with Gasteiger partial charge in [-0.25, -0.2) is 0 Å². The van der Waals surface area contributed by atoms with Gasteiger partial charge in [0.1, 0.15) is 12.4 Å². The Morgan fingerprint density at radius 3 is 3.00 bits per heavy atom. The first-order chi connectivity index (χ1) is 10.7. The van der Waals surface area contributed by atoms with Crippen LogP contribution in [-0.2, 0) is 16.5 Å². The number of rotatable bonds is 5. The minimum atomic E-state index is 0.0230. The van der Waals surface area contributed by atoms with Crippen molar-refractivity contribution in [3.05, 3.63) is 12.2 Å². The van der Waals surface area contributed by atoms with E-state index in [1.165, 1.54) is 25.7 Å². The third kappa shape index (κ3) is 3.86. The molecule has 0 bridgehead atoms. The molecule has 3 unspecified atom stereocenters. The zero-order chi connectivity index (χ0) is 15.4. The molecule has 0 radical (unpaired) electrons. The van der Waals surface area contributed by atoms with Gasteiger partial charge in [0, 0.05) is 26.7 Å². The molecule has 6 nitrogen and oxygen atoms in total. The SMILES string of the molecule is CC1CCCCC1OCCN1CCOC(c2nncn2C)C1. The Labute approximate surface area is 132 Å². The molecular formula is C16H28N4O2. The molecule has 0 amide bonds. The number of aromatic nitrogens is 3. The van der Waals surface area contributed by atoms with Crippen LogP contribution >= 0.6 is 0 Å². The molecule has 1 saturated carbocycles. The van der Waals surface area contributed by atoms with E-state index in [2.05, 4.69) is 22.0 Å². The zero-order valence-corrected chi connectivity index (χ0v) is 13.8. The molecule has 1 aromatic rings. The third-order valence-electron chi connectivity index (χ3n) is 4.96. The number of hydrogen-bond acceptors (Lipinski definition) is 5. The minimum Gasteiger partial charge on any atom is -0.377 e. The largest absolute Gasteiger partial charge is 0.377 e. The number of aryl methyl sites for hydroxylation is 1. The van der Waals surface area contributed by atoms with Crippen molar-refractivity contribution < 1.29 is 9.47 Å². The lowest BCUT2D eigenvalue weighted by molar-refractivity contribution is -0.0569.